The highest BCUT2D eigenvalue weighted by molar-refractivity contribution is 6.04. The van der Waals surface area contributed by atoms with Crippen molar-refractivity contribution in [2.24, 2.45) is 0 Å². The number of amides is 1. The SMILES string of the molecule is Cc1ccc(NC(=O)c2cccc(F)c2)cc1C#Cc1nn(C2CCN(C)CC2)c2ncnc(N)c12. The van der Waals surface area contributed by atoms with Crippen LogP contribution in [0.3, 0.4) is 0 Å². The Morgan fingerprint density at radius 1 is 1.14 bits per heavy atom. The zero-order valence-electron chi connectivity index (χ0n) is 20.1. The van der Waals surface area contributed by atoms with Gasteiger partial charge in [-0.3, -0.25) is 4.79 Å². The van der Waals surface area contributed by atoms with Gasteiger partial charge in [0, 0.05) is 16.8 Å². The van der Waals surface area contributed by atoms with Gasteiger partial charge in [0.05, 0.1) is 11.4 Å². The van der Waals surface area contributed by atoms with Gasteiger partial charge in [0.2, 0.25) is 0 Å². The Bertz CT molecular complexity index is 1510. The molecule has 0 atom stereocenters. The number of hydrogen-bond donors (Lipinski definition) is 2. The van der Waals surface area contributed by atoms with Crippen molar-refractivity contribution >= 4 is 28.4 Å². The first-order valence-corrected chi connectivity index (χ1v) is 11.8. The first-order chi connectivity index (χ1) is 17.4. The van der Waals surface area contributed by atoms with Gasteiger partial charge in [-0.15, -0.1) is 0 Å². The Morgan fingerprint density at radius 3 is 2.72 bits per heavy atom. The molecule has 2 aromatic heterocycles. The third-order valence-corrected chi connectivity index (χ3v) is 6.45. The molecule has 4 aromatic rings. The van der Waals surface area contributed by atoms with Crippen LogP contribution in [0.4, 0.5) is 15.9 Å². The highest BCUT2D eigenvalue weighted by Crippen LogP contribution is 2.28. The minimum absolute atomic E-state index is 0.219. The molecule has 182 valence electrons. The molecule has 0 spiro atoms. The predicted molar refractivity (Wildman–Crippen MR) is 137 cm³/mol. The van der Waals surface area contributed by atoms with Gasteiger partial charge in [-0.2, -0.15) is 5.10 Å². The number of carbonyl (C=O) groups is 1. The zero-order chi connectivity index (χ0) is 25.2. The molecular formula is C27H26FN7O. The van der Waals surface area contributed by atoms with E-state index in [-0.39, 0.29) is 11.6 Å². The summed E-state index contributed by atoms with van der Waals surface area (Å²) in [7, 11) is 2.12. The molecule has 1 saturated heterocycles. The van der Waals surface area contributed by atoms with Crippen LogP contribution in [0.2, 0.25) is 0 Å². The molecule has 1 aliphatic rings. The van der Waals surface area contributed by atoms with Crippen LogP contribution in [0, 0.1) is 24.6 Å². The lowest BCUT2D eigenvalue weighted by atomic mass is 10.1. The van der Waals surface area contributed by atoms with Crippen LogP contribution in [-0.2, 0) is 0 Å². The lowest BCUT2D eigenvalue weighted by molar-refractivity contribution is 0.102. The quantitative estimate of drug-likeness (QED) is 0.430. The second kappa shape index (κ2) is 9.76. The molecule has 1 aliphatic heterocycles. The van der Waals surface area contributed by atoms with Gasteiger partial charge in [-0.05, 0) is 81.7 Å². The van der Waals surface area contributed by atoms with E-state index in [9.17, 15) is 9.18 Å². The molecule has 3 heterocycles. The van der Waals surface area contributed by atoms with E-state index in [1.54, 1.807) is 18.2 Å². The fourth-order valence-electron chi connectivity index (χ4n) is 4.37. The van der Waals surface area contributed by atoms with Crippen molar-refractivity contribution in [1.82, 2.24) is 24.6 Å². The Hall–Kier alpha value is -4.29. The summed E-state index contributed by atoms with van der Waals surface area (Å²) >= 11 is 0. The van der Waals surface area contributed by atoms with Crippen molar-refractivity contribution < 1.29 is 9.18 Å². The number of piperidine rings is 1. The summed E-state index contributed by atoms with van der Waals surface area (Å²) in [5.41, 5.74) is 9.89. The number of nitrogens with two attached hydrogens (primary N) is 1. The van der Waals surface area contributed by atoms with Gasteiger partial charge >= 0.3 is 0 Å². The number of fused-ring (bicyclic) bond motifs is 1. The molecule has 0 unspecified atom stereocenters. The Balaban J connectivity index is 1.46. The second-order valence-corrected chi connectivity index (χ2v) is 9.03. The van der Waals surface area contributed by atoms with Crippen molar-refractivity contribution in [3.05, 3.63) is 77.0 Å². The fraction of sp³-hybridized carbons (Fsp3) is 0.259. The van der Waals surface area contributed by atoms with Gasteiger partial charge in [0.15, 0.2) is 5.65 Å². The number of carbonyl (C=O) groups excluding carboxylic acids is 1. The van der Waals surface area contributed by atoms with E-state index in [4.69, 9.17) is 10.8 Å². The number of aromatic nitrogens is 4. The van der Waals surface area contributed by atoms with E-state index in [0.717, 1.165) is 37.1 Å². The molecule has 1 amide bonds. The molecule has 5 rings (SSSR count). The number of nitrogens with zero attached hydrogens (tertiary/aromatic N) is 5. The number of benzene rings is 2. The normalized spacial score (nSPS) is 14.4. The van der Waals surface area contributed by atoms with Gasteiger partial charge in [0.25, 0.3) is 5.91 Å². The lowest BCUT2D eigenvalue weighted by Gasteiger charge is -2.29. The summed E-state index contributed by atoms with van der Waals surface area (Å²) in [5, 5.41) is 8.25. The summed E-state index contributed by atoms with van der Waals surface area (Å²) < 4.78 is 15.4. The van der Waals surface area contributed by atoms with E-state index >= 15 is 0 Å². The number of likely N-dealkylation sites (tertiary alicyclic amines) is 1. The third kappa shape index (κ3) is 4.76. The van der Waals surface area contributed by atoms with Crippen LogP contribution in [0.1, 0.15) is 46.1 Å². The largest absolute Gasteiger partial charge is 0.383 e. The zero-order valence-corrected chi connectivity index (χ0v) is 20.1. The van der Waals surface area contributed by atoms with Crippen LogP contribution in [-0.4, -0.2) is 50.7 Å². The molecular weight excluding hydrogens is 457 g/mol. The Labute approximate surface area is 208 Å². The van der Waals surface area contributed by atoms with E-state index in [1.165, 1.54) is 24.5 Å². The average Bonchev–Trinajstić information content (AvgIpc) is 3.24. The summed E-state index contributed by atoms with van der Waals surface area (Å²) in [5.74, 6) is 5.82. The minimum atomic E-state index is -0.465. The number of hydrogen-bond acceptors (Lipinski definition) is 6. The van der Waals surface area contributed by atoms with Crippen molar-refractivity contribution in [3.8, 4) is 11.8 Å². The van der Waals surface area contributed by atoms with Crippen LogP contribution >= 0.6 is 0 Å². The molecule has 0 aliphatic carbocycles. The van der Waals surface area contributed by atoms with Crippen LogP contribution in [0.25, 0.3) is 11.0 Å². The number of nitrogen functional groups attached to an aromatic ring is 1. The van der Waals surface area contributed by atoms with Crippen LogP contribution < -0.4 is 11.1 Å². The lowest BCUT2D eigenvalue weighted by Crippen LogP contribution is -2.32. The van der Waals surface area contributed by atoms with E-state index in [2.05, 4.69) is 39.1 Å². The van der Waals surface area contributed by atoms with Gasteiger partial charge < -0.3 is 16.0 Å². The van der Waals surface area contributed by atoms with Gasteiger partial charge in [0.1, 0.15) is 23.7 Å². The van der Waals surface area contributed by atoms with E-state index < -0.39 is 11.7 Å². The molecule has 2 aromatic carbocycles. The van der Waals surface area contributed by atoms with Crippen LogP contribution in [0.15, 0.2) is 48.8 Å². The molecule has 9 heteroatoms. The van der Waals surface area contributed by atoms with Gasteiger partial charge in [-0.25, -0.2) is 19.0 Å². The van der Waals surface area contributed by atoms with E-state index in [1.807, 2.05) is 17.7 Å². The molecule has 3 N–H and O–H groups in total. The maximum absolute atomic E-state index is 13.5. The van der Waals surface area contributed by atoms with E-state index in [0.29, 0.717) is 28.2 Å². The minimum Gasteiger partial charge on any atom is -0.383 e. The average molecular weight is 484 g/mol. The van der Waals surface area contributed by atoms with Crippen LogP contribution in [0.5, 0.6) is 0 Å². The molecule has 0 radical (unpaired) electrons. The topological polar surface area (TPSA) is 102 Å². The summed E-state index contributed by atoms with van der Waals surface area (Å²) in [6.07, 6.45) is 3.39. The summed E-state index contributed by atoms with van der Waals surface area (Å²) in [4.78, 5) is 23.5. The number of aryl methyl sites for hydroxylation is 1. The number of halogens is 1. The van der Waals surface area contributed by atoms with Gasteiger partial charge in [-0.1, -0.05) is 18.1 Å². The fourth-order valence-corrected chi connectivity index (χ4v) is 4.37. The Morgan fingerprint density at radius 2 is 1.94 bits per heavy atom. The molecule has 0 bridgehead atoms. The number of nitrogens with one attached hydrogen (secondary N) is 1. The third-order valence-electron chi connectivity index (χ3n) is 6.45. The summed E-state index contributed by atoms with van der Waals surface area (Å²) in [6, 6.07) is 11.2. The maximum atomic E-state index is 13.5. The monoisotopic (exact) mass is 483 g/mol. The van der Waals surface area contributed by atoms with Crippen molar-refractivity contribution in [2.45, 2.75) is 25.8 Å². The highest BCUT2D eigenvalue weighted by Gasteiger charge is 2.24. The van der Waals surface area contributed by atoms with Crippen molar-refractivity contribution in [3.63, 3.8) is 0 Å². The van der Waals surface area contributed by atoms with Crippen molar-refractivity contribution in [2.75, 3.05) is 31.2 Å². The maximum Gasteiger partial charge on any atom is 0.255 e. The standard InChI is InChI=1S/C27H26FN7O/c1-17-6-8-21(32-27(36)19-4-3-5-20(28)14-19)15-18(17)7-9-23-24-25(29)30-16-31-26(24)35(33-23)22-10-12-34(2)13-11-22/h3-6,8,14-16,22H,10-13H2,1-2H3,(H,32,36)(H2,29,30,31). The smallest absolute Gasteiger partial charge is 0.255 e. The predicted octanol–water partition coefficient (Wildman–Crippen LogP) is 3.77. The first kappa shape index (κ1) is 23.5. The summed E-state index contributed by atoms with van der Waals surface area (Å²) in [6.45, 7) is 3.91. The first-order valence-electron chi connectivity index (χ1n) is 11.8. The number of rotatable bonds is 3. The molecule has 36 heavy (non-hydrogen) atoms. The second-order valence-electron chi connectivity index (χ2n) is 9.03. The highest BCUT2D eigenvalue weighted by atomic mass is 19.1. The Kier molecular flexibility index (Phi) is 6.36. The molecule has 1 fully saturated rings. The molecule has 8 nitrogen and oxygen atoms in total. The van der Waals surface area contributed by atoms with Crippen molar-refractivity contribution in [1.29, 1.82) is 0 Å². The number of anilines is 2. The molecule has 0 saturated carbocycles.